The summed E-state index contributed by atoms with van der Waals surface area (Å²) in [6.45, 7) is 3.23. The highest BCUT2D eigenvalue weighted by molar-refractivity contribution is 7.92. The summed E-state index contributed by atoms with van der Waals surface area (Å²) in [4.78, 5) is 12.2. The van der Waals surface area contributed by atoms with Crippen molar-refractivity contribution in [2.24, 2.45) is 0 Å². The molecule has 0 heterocycles. The number of hydrogen-bond donors (Lipinski definition) is 5. The van der Waals surface area contributed by atoms with Crippen LogP contribution in [0.5, 0.6) is 11.5 Å². The SMILES string of the molecule is CCCCCCC(=O)Nc1ccc(S(=O)(=O)Nc2ccc(CCNC[C@H](O)COc3ccc(O)cc3)cc2)cc1. The number of aliphatic hydroxyl groups is 1. The van der Waals surface area contributed by atoms with Crippen LogP contribution in [-0.4, -0.2) is 50.3 Å². The van der Waals surface area contributed by atoms with Gasteiger partial charge in [0.1, 0.15) is 24.2 Å². The minimum absolute atomic E-state index is 0.0732. The number of carbonyl (C=O) groups is 1. The Labute approximate surface area is 236 Å². The number of hydrogen-bond acceptors (Lipinski definition) is 7. The zero-order valence-electron chi connectivity index (χ0n) is 22.8. The zero-order valence-corrected chi connectivity index (χ0v) is 23.6. The number of phenols is 1. The Morgan fingerprint density at radius 3 is 2.25 bits per heavy atom. The molecule has 5 N–H and O–H groups in total. The van der Waals surface area contributed by atoms with Gasteiger partial charge >= 0.3 is 0 Å². The van der Waals surface area contributed by atoms with Crippen LogP contribution in [0.25, 0.3) is 0 Å². The molecule has 0 saturated heterocycles. The van der Waals surface area contributed by atoms with E-state index in [-0.39, 0.29) is 23.2 Å². The third-order valence-electron chi connectivity index (χ3n) is 6.16. The molecule has 0 bridgehead atoms. The van der Waals surface area contributed by atoms with Gasteiger partial charge in [0.25, 0.3) is 10.0 Å². The van der Waals surface area contributed by atoms with Crippen molar-refractivity contribution in [3.63, 3.8) is 0 Å². The van der Waals surface area contributed by atoms with Gasteiger partial charge in [0, 0.05) is 24.3 Å². The van der Waals surface area contributed by atoms with E-state index in [1.54, 1.807) is 36.4 Å². The van der Waals surface area contributed by atoms with E-state index in [9.17, 15) is 23.4 Å². The van der Waals surface area contributed by atoms with Crippen LogP contribution in [0.2, 0.25) is 0 Å². The first-order valence-corrected chi connectivity index (χ1v) is 15.1. The van der Waals surface area contributed by atoms with Crippen LogP contribution < -0.4 is 20.1 Å². The third-order valence-corrected chi connectivity index (χ3v) is 7.56. The smallest absolute Gasteiger partial charge is 0.261 e. The standard InChI is InChI=1S/C30H39N3O6S/c1-2-3-4-5-6-30(36)32-24-11-17-29(18-12-24)40(37,38)33-25-9-7-23(8-10-25)19-20-31-21-27(35)22-39-28-15-13-26(34)14-16-28/h7-18,27,31,33-35H,2-6,19-22H2,1H3,(H,32,36)/t27-/m0/s1. The predicted octanol–water partition coefficient (Wildman–Crippen LogP) is 4.67. The Hall–Kier alpha value is -3.60. The highest BCUT2D eigenvalue weighted by atomic mass is 32.2. The lowest BCUT2D eigenvalue weighted by atomic mass is 10.1. The van der Waals surface area contributed by atoms with Crippen molar-refractivity contribution in [1.29, 1.82) is 0 Å². The van der Waals surface area contributed by atoms with Crippen molar-refractivity contribution in [3.8, 4) is 11.5 Å². The second kappa shape index (κ2) is 15.9. The quantitative estimate of drug-likeness (QED) is 0.149. The summed E-state index contributed by atoms with van der Waals surface area (Å²) in [5.74, 6) is 0.651. The van der Waals surface area contributed by atoms with E-state index in [0.717, 1.165) is 31.2 Å². The van der Waals surface area contributed by atoms with E-state index < -0.39 is 16.1 Å². The van der Waals surface area contributed by atoms with Gasteiger partial charge in [-0.2, -0.15) is 0 Å². The van der Waals surface area contributed by atoms with Gasteiger partial charge in [-0.1, -0.05) is 38.3 Å². The van der Waals surface area contributed by atoms with Crippen LogP contribution >= 0.6 is 0 Å². The molecule has 0 fully saturated rings. The average Bonchev–Trinajstić information content (AvgIpc) is 2.94. The maximum atomic E-state index is 12.8. The number of amides is 1. The van der Waals surface area contributed by atoms with Crippen LogP contribution in [0.3, 0.4) is 0 Å². The van der Waals surface area contributed by atoms with E-state index in [4.69, 9.17) is 4.74 Å². The molecule has 40 heavy (non-hydrogen) atoms. The maximum absolute atomic E-state index is 12.8. The second-order valence-electron chi connectivity index (χ2n) is 9.60. The zero-order chi connectivity index (χ0) is 28.8. The summed E-state index contributed by atoms with van der Waals surface area (Å²) >= 11 is 0. The van der Waals surface area contributed by atoms with E-state index in [1.807, 2.05) is 12.1 Å². The first-order valence-electron chi connectivity index (χ1n) is 13.6. The molecule has 0 spiro atoms. The number of aromatic hydroxyl groups is 1. The fourth-order valence-corrected chi connectivity index (χ4v) is 4.96. The lowest BCUT2D eigenvalue weighted by molar-refractivity contribution is -0.116. The lowest BCUT2D eigenvalue weighted by Crippen LogP contribution is -2.32. The largest absolute Gasteiger partial charge is 0.508 e. The van der Waals surface area contributed by atoms with Crippen LogP contribution in [0.4, 0.5) is 11.4 Å². The van der Waals surface area contributed by atoms with E-state index in [0.29, 0.717) is 43.1 Å². The van der Waals surface area contributed by atoms with Crippen LogP contribution in [0.1, 0.15) is 44.6 Å². The normalized spacial score (nSPS) is 12.1. The summed E-state index contributed by atoms with van der Waals surface area (Å²) in [6.07, 6.45) is 4.55. The van der Waals surface area contributed by atoms with E-state index in [2.05, 4.69) is 22.3 Å². The molecule has 3 aromatic rings. The van der Waals surface area contributed by atoms with E-state index >= 15 is 0 Å². The number of nitrogens with one attached hydrogen (secondary N) is 3. The van der Waals surface area contributed by atoms with Crippen molar-refractivity contribution in [3.05, 3.63) is 78.4 Å². The molecule has 0 radical (unpaired) electrons. The molecule has 3 aromatic carbocycles. The van der Waals surface area contributed by atoms with Crippen LogP contribution in [0, 0.1) is 0 Å². The molecule has 0 unspecified atom stereocenters. The highest BCUT2D eigenvalue weighted by Crippen LogP contribution is 2.20. The highest BCUT2D eigenvalue weighted by Gasteiger charge is 2.14. The average molecular weight is 570 g/mol. The molecule has 0 aromatic heterocycles. The van der Waals surface area contributed by atoms with Crippen molar-refractivity contribution in [2.75, 3.05) is 29.7 Å². The molecule has 216 valence electrons. The van der Waals surface area contributed by atoms with Crippen LogP contribution in [0.15, 0.2) is 77.7 Å². The van der Waals surface area contributed by atoms with Crippen molar-refractivity contribution in [2.45, 2.75) is 56.4 Å². The van der Waals surface area contributed by atoms with Gasteiger partial charge in [-0.25, -0.2) is 8.42 Å². The second-order valence-corrected chi connectivity index (χ2v) is 11.3. The monoisotopic (exact) mass is 569 g/mol. The fourth-order valence-electron chi connectivity index (χ4n) is 3.90. The molecular weight excluding hydrogens is 530 g/mol. The minimum Gasteiger partial charge on any atom is -0.508 e. The number of unbranched alkanes of at least 4 members (excludes halogenated alkanes) is 3. The Kier molecular flexibility index (Phi) is 12.3. The summed E-state index contributed by atoms with van der Waals surface area (Å²) in [5.41, 5.74) is 2.03. The fraction of sp³-hybridized carbons (Fsp3) is 0.367. The number of sulfonamides is 1. The van der Waals surface area contributed by atoms with Gasteiger partial charge < -0.3 is 25.6 Å². The summed E-state index contributed by atoms with van der Waals surface area (Å²) in [6, 6.07) is 19.5. The number of carbonyl (C=O) groups excluding carboxylic acids is 1. The van der Waals surface area contributed by atoms with Gasteiger partial charge in [-0.15, -0.1) is 0 Å². The minimum atomic E-state index is -3.78. The Bertz CT molecular complexity index is 1280. The predicted molar refractivity (Wildman–Crippen MR) is 157 cm³/mol. The molecular formula is C30H39N3O6S. The molecule has 0 aliphatic heterocycles. The molecule has 10 heteroatoms. The number of ether oxygens (including phenoxy) is 1. The molecule has 3 rings (SSSR count). The molecule has 1 atom stereocenters. The number of anilines is 2. The number of phenolic OH excluding ortho intramolecular Hbond substituents is 1. The van der Waals surface area contributed by atoms with Gasteiger partial charge in [0.05, 0.1) is 4.90 Å². The Morgan fingerprint density at radius 2 is 1.57 bits per heavy atom. The molecule has 1 amide bonds. The Balaban J connectivity index is 1.38. The third kappa shape index (κ3) is 10.9. The first-order chi connectivity index (χ1) is 19.2. The topological polar surface area (TPSA) is 137 Å². The van der Waals surface area contributed by atoms with Gasteiger partial charge in [-0.05, 0) is 85.6 Å². The van der Waals surface area contributed by atoms with E-state index in [1.165, 1.54) is 24.3 Å². The molecule has 0 aliphatic carbocycles. The number of aliphatic hydroxyl groups excluding tert-OH is 1. The first kappa shape index (κ1) is 30.9. The molecule has 9 nitrogen and oxygen atoms in total. The molecule has 0 saturated carbocycles. The van der Waals surface area contributed by atoms with Crippen LogP contribution in [-0.2, 0) is 21.2 Å². The van der Waals surface area contributed by atoms with Gasteiger partial charge in [0.15, 0.2) is 0 Å². The molecule has 0 aliphatic rings. The number of benzene rings is 3. The van der Waals surface area contributed by atoms with Gasteiger partial charge in [-0.3, -0.25) is 9.52 Å². The lowest BCUT2D eigenvalue weighted by Gasteiger charge is -2.13. The van der Waals surface area contributed by atoms with Crippen molar-refractivity contribution >= 4 is 27.3 Å². The maximum Gasteiger partial charge on any atom is 0.261 e. The van der Waals surface area contributed by atoms with Crippen molar-refractivity contribution in [1.82, 2.24) is 5.32 Å². The summed E-state index contributed by atoms with van der Waals surface area (Å²) < 4.78 is 33.7. The Morgan fingerprint density at radius 1 is 0.900 bits per heavy atom. The summed E-state index contributed by atoms with van der Waals surface area (Å²) in [5, 5.41) is 25.4. The van der Waals surface area contributed by atoms with Crippen molar-refractivity contribution < 1.29 is 28.2 Å². The summed E-state index contributed by atoms with van der Waals surface area (Å²) in [7, 11) is -3.78. The van der Waals surface area contributed by atoms with Gasteiger partial charge in [0.2, 0.25) is 5.91 Å². The number of rotatable bonds is 17.